The predicted octanol–water partition coefficient (Wildman–Crippen LogP) is 0.476. The van der Waals surface area contributed by atoms with E-state index in [0.717, 1.165) is 13.0 Å². The molecule has 0 aromatic rings. The molecule has 0 aliphatic carbocycles. The van der Waals surface area contributed by atoms with E-state index in [1.807, 2.05) is 0 Å². The second kappa shape index (κ2) is 3.18. The first-order chi connectivity index (χ1) is 4.29. The quantitative estimate of drug-likeness (QED) is 0.498. The van der Waals surface area contributed by atoms with Gasteiger partial charge in [-0.1, -0.05) is 0 Å². The van der Waals surface area contributed by atoms with Crippen LogP contribution in [0.25, 0.3) is 0 Å². The molecule has 0 saturated carbocycles. The minimum atomic E-state index is 0.447. The average molecular weight is 128 g/mol. The Bertz CT molecular complexity index is 73.0. The van der Waals surface area contributed by atoms with Gasteiger partial charge in [0.25, 0.3) is 0 Å². The molecule has 0 aromatic carbocycles. The Kier molecular flexibility index (Phi) is 2.49. The van der Waals surface area contributed by atoms with Crippen LogP contribution in [0.4, 0.5) is 0 Å². The molecule has 0 spiro atoms. The number of nitrogens with two attached hydrogens (primary N) is 1. The zero-order valence-corrected chi connectivity index (χ0v) is 6.06. The van der Waals surface area contributed by atoms with E-state index in [4.69, 9.17) is 5.73 Å². The molecule has 2 heteroatoms. The van der Waals surface area contributed by atoms with E-state index in [-0.39, 0.29) is 0 Å². The summed E-state index contributed by atoms with van der Waals surface area (Å²) < 4.78 is 0. The minimum Gasteiger partial charge on any atom is -0.328 e. The molecular formula is C7H16N2. The van der Waals surface area contributed by atoms with Crippen molar-refractivity contribution >= 4 is 0 Å². The summed E-state index contributed by atoms with van der Waals surface area (Å²) in [5, 5.41) is 3.39. The molecule has 1 saturated heterocycles. The highest BCUT2D eigenvalue weighted by molar-refractivity contribution is 4.73. The molecule has 0 bridgehead atoms. The van der Waals surface area contributed by atoms with Crippen LogP contribution >= 0.6 is 0 Å². The Morgan fingerprint density at radius 1 is 1.33 bits per heavy atom. The van der Waals surface area contributed by atoms with E-state index in [1.54, 1.807) is 0 Å². The molecule has 0 radical (unpaired) electrons. The standard InChI is InChI=1S/C7H16N2/c1-6-2-3-7(8)4-5-9-6/h6-7,9H,2-5,8H2,1H3/t6-,7?/m1/s1. The fourth-order valence-electron chi connectivity index (χ4n) is 1.23. The first kappa shape index (κ1) is 7.03. The van der Waals surface area contributed by atoms with Gasteiger partial charge in [-0.05, 0) is 32.7 Å². The summed E-state index contributed by atoms with van der Waals surface area (Å²) in [7, 11) is 0. The third-order valence-corrected chi connectivity index (χ3v) is 1.98. The highest BCUT2D eigenvalue weighted by Crippen LogP contribution is 2.06. The van der Waals surface area contributed by atoms with Gasteiger partial charge >= 0.3 is 0 Å². The van der Waals surface area contributed by atoms with Crippen LogP contribution in [0.1, 0.15) is 26.2 Å². The van der Waals surface area contributed by atoms with Crippen LogP contribution in [-0.2, 0) is 0 Å². The summed E-state index contributed by atoms with van der Waals surface area (Å²) in [6.45, 7) is 3.32. The lowest BCUT2D eigenvalue weighted by Crippen LogP contribution is -2.25. The van der Waals surface area contributed by atoms with Gasteiger partial charge in [0.1, 0.15) is 0 Å². The Balaban J connectivity index is 2.25. The Labute approximate surface area is 56.8 Å². The van der Waals surface area contributed by atoms with Gasteiger partial charge in [0.05, 0.1) is 0 Å². The Morgan fingerprint density at radius 3 is 2.89 bits per heavy atom. The summed E-state index contributed by atoms with van der Waals surface area (Å²) in [5.74, 6) is 0. The molecule has 1 heterocycles. The van der Waals surface area contributed by atoms with Crippen LogP contribution in [0.2, 0.25) is 0 Å². The molecule has 54 valence electrons. The molecule has 0 amide bonds. The maximum absolute atomic E-state index is 5.76. The lowest BCUT2D eigenvalue weighted by Gasteiger charge is -2.06. The van der Waals surface area contributed by atoms with Gasteiger partial charge in [-0.15, -0.1) is 0 Å². The summed E-state index contributed by atoms with van der Waals surface area (Å²) in [4.78, 5) is 0. The van der Waals surface area contributed by atoms with Crippen molar-refractivity contribution in [2.45, 2.75) is 38.3 Å². The summed E-state index contributed by atoms with van der Waals surface area (Å²) >= 11 is 0. The van der Waals surface area contributed by atoms with E-state index in [1.165, 1.54) is 12.8 Å². The second-order valence-corrected chi connectivity index (χ2v) is 2.98. The van der Waals surface area contributed by atoms with Gasteiger partial charge in [0.15, 0.2) is 0 Å². The van der Waals surface area contributed by atoms with Crippen molar-refractivity contribution in [1.82, 2.24) is 5.32 Å². The lowest BCUT2D eigenvalue weighted by molar-refractivity contribution is 0.545. The SMILES string of the molecule is C[C@@H]1CCC(N)CCN1. The second-order valence-electron chi connectivity index (χ2n) is 2.98. The number of hydrogen-bond acceptors (Lipinski definition) is 2. The topological polar surface area (TPSA) is 38.0 Å². The third kappa shape index (κ3) is 2.33. The van der Waals surface area contributed by atoms with Crippen molar-refractivity contribution in [1.29, 1.82) is 0 Å². The molecule has 1 rings (SSSR count). The molecule has 1 aliphatic rings. The maximum atomic E-state index is 5.76. The van der Waals surface area contributed by atoms with Gasteiger partial charge in [0, 0.05) is 12.1 Å². The smallest absolute Gasteiger partial charge is 0.00514 e. The Hall–Kier alpha value is -0.0800. The van der Waals surface area contributed by atoms with Crippen molar-refractivity contribution in [3.8, 4) is 0 Å². The van der Waals surface area contributed by atoms with Gasteiger partial charge in [-0.3, -0.25) is 0 Å². The monoisotopic (exact) mass is 128 g/mol. The molecule has 2 nitrogen and oxygen atoms in total. The largest absolute Gasteiger partial charge is 0.328 e. The van der Waals surface area contributed by atoms with Gasteiger partial charge in [0.2, 0.25) is 0 Å². The van der Waals surface area contributed by atoms with Crippen molar-refractivity contribution in [2.24, 2.45) is 5.73 Å². The highest BCUT2D eigenvalue weighted by Gasteiger charge is 2.10. The molecule has 2 atom stereocenters. The van der Waals surface area contributed by atoms with Gasteiger partial charge in [-0.25, -0.2) is 0 Å². The average Bonchev–Trinajstić information content (AvgIpc) is 1.97. The van der Waals surface area contributed by atoms with E-state index >= 15 is 0 Å². The van der Waals surface area contributed by atoms with Crippen LogP contribution in [-0.4, -0.2) is 18.6 Å². The number of hydrogen-bond donors (Lipinski definition) is 2. The molecule has 9 heavy (non-hydrogen) atoms. The molecule has 0 aromatic heterocycles. The molecule has 3 N–H and O–H groups in total. The molecule has 1 unspecified atom stereocenters. The van der Waals surface area contributed by atoms with Gasteiger partial charge in [-0.2, -0.15) is 0 Å². The van der Waals surface area contributed by atoms with Crippen LogP contribution < -0.4 is 11.1 Å². The van der Waals surface area contributed by atoms with Crippen LogP contribution in [0.3, 0.4) is 0 Å². The van der Waals surface area contributed by atoms with Crippen LogP contribution in [0, 0.1) is 0 Å². The van der Waals surface area contributed by atoms with Crippen LogP contribution in [0.15, 0.2) is 0 Å². The summed E-state index contributed by atoms with van der Waals surface area (Å²) in [6.07, 6.45) is 3.57. The zero-order chi connectivity index (χ0) is 6.69. The zero-order valence-electron chi connectivity index (χ0n) is 6.06. The fourth-order valence-corrected chi connectivity index (χ4v) is 1.23. The minimum absolute atomic E-state index is 0.447. The summed E-state index contributed by atoms with van der Waals surface area (Å²) in [5.41, 5.74) is 5.76. The van der Waals surface area contributed by atoms with Crippen molar-refractivity contribution in [2.75, 3.05) is 6.54 Å². The van der Waals surface area contributed by atoms with Crippen molar-refractivity contribution < 1.29 is 0 Å². The third-order valence-electron chi connectivity index (χ3n) is 1.98. The van der Waals surface area contributed by atoms with E-state index in [9.17, 15) is 0 Å². The molecular weight excluding hydrogens is 112 g/mol. The fraction of sp³-hybridized carbons (Fsp3) is 1.00. The van der Waals surface area contributed by atoms with Crippen LogP contribution in [0.5, 0.6) is 0 Å². The first-order valence-electron chi connectivity index (χ1n) is 3.78. The van der Waals surface area contributed by atoms with Gasteiger partial charge < -0.3 is 11.1 Å². The number of nitrogens with one attached hydrogen (secondary N) is 1. The van der Waals surface area contributed by atoms with E-state index < -0.39 is 0 Å². The highest BCUT2D eigenvalue weighted by atomic mass is 14.9. The summed E-state index contributed by atoms with van der Waals surface area (Å²) in [6, 6.07) is 1.13. The van der Waals surface area contributed by atoms with Crippen molar-refractivity contribution in [3.63, 3.8) is 0 Å². The normalized spacial score (nSPS) is 38.0. The molecule has 1 fully saturated rings. The number of rotatable bonds is 0. The van der Waals surface area contributed by atoms with Crippen molar-refractivity contribution in [3.05, 3.63) is 0 Å². The predicted molar refractivity (Wildman–Crippen MR) is 39.3 cm³/mol. The first-order valence-corrected chi connectivity index (χ1v) is 3.78. The van der Waals surface area contributed by atoms with E-state index in [2.05, 4.69) is 12.2 Å². The molecule has 1 aliphatic heterocycles. The maximum Gasteiger partial charge on any atom is 0.00514 e. The van der Waals surface area contributed by atoms with E-state index in [0.29, 0.717) is 12.1 Å². The lowest BCUT2D eigenvalue weighted by atomic mass is 10.1. The Morgan fingerprint density at radius 2 is 2.11 bits per heavy atom.